The van der Waals surface area contributed by atoms with Gasteiger partial charge in [0.2, 0.25) is 5.91 Å². The molecule has 0 atom stereocenters. The fourth-order valence-electron chi connectivity index (χ4n) is 2.68. The molecule has 0 spiro atoms. The topological polar surface area (TPSA) is 22.0 Å². The molecule has 1 aromatic carbocycles. The van der Waals surface area contributed by atoms with E-state index in [9.17, 15) is 4.79 Å². The highest BCUT2D eigenvalue weighted by Crippen LogP contribution is 2.22. The van der Waals surface area contributed by atoms with Gasteiger partial charge in [-0.05, 0) is 38.0 Å². The minimum Gasteiger partial charge on any atom is -0.284 e. The highest BCUT2D eigenvalue weighted by Gasteiger charge is 2.11. The summed E-state index contributed by atoms with van der Waals surface area (Å²) in [5.74, 6) is 0.115. The fourth-order valence-corrected chi connectivity index (χ4v) is 2.68. The molecule has 2 nitrogen and oxygen atoms in total. The largest absolute Gasteiger partial charge is 0.284 e. The average Bonchev–Trinajstić information content (AvgIpc) is 2.72. The molecule has 2 rings (SSSR count). The number of benzene rings is 1. The van der Waals surface area contributed by atoms with E-state index in [1.54, 1.807) is 6.92 Å². The van der Waals surface area contributed by atoms with Crippen LogP contribution in [0.1, 0.15) is 55.6 Å². The average molecular weight is 257 g/mol. The zero-order valence-corrected chi connectivity index (χ0v) is 12.2. The number of hydrogen-bond acceptors (Lipinski definition) is 1. The molecule has 0 aliphatic carbocycles. The van der Waals surface area contributed by atoms with Crippen molar-refractivity contribution in [1.82, 2.24) is 4.57 Å². The molecule has 2 aromatic rings. The molecule has 0 saturated carbocycles. The lowest BCUT2D eigenvalue weighted by Gasteiger charge is -2.06. The summed E-state index contributed by atoms with van der Waals surface area (Å²) in [4.78, 5) is 11.9. The number of unbranched alkanes of at least 4 members (excludes halogenated alkanes) is 3. The minimum atomic E-state index is 0.115. The van der Waals surface area contributed by atoms with E-state index in [2.05, 4.69) is 38.1 Å². The molecule has 0 aliphatic rings. The first-order valence-corrected chi connectivity index (χ1v) is 7.25. The lowest BCUT2D eigenvalue weighted by atomic mass is 10.1. The number of aryl methyl sites for hydroxylation is 2. The van der Waals surface area contributed by atoms with E-state index in [0.29, 0.717) is 0 Å². The molecule has 0 fully saturated rings. The quantitative estimate of drug-likeness (QED) is 0.709. The molecule has 0 bridgehead atoms. The number of carbonyl (C=O) groups excluding carboxylic acids is 1. The van der Waals surface area contributed by atoms with E-state index < -0.39 is 0 Å². The van der Waals surface area contributed by atoms with Crippen LogP contribution in [0.4, 0.5) is 0 Å². The second-order valence-electron chi connectivity index (χ2n) is 5.36. The number of hydrogen-bond donors (Lipinski definition) is 0. The fraction of sp³-hybridized carbons (Fsp3) is 0.471. The van der Waals surface area contributed by atoms with E-state index in [-0.39, 0.29) is 5.91 Å². The van der Waals surface area contributed by atoms with Gasteiger partial charge in [0.25, 0.3) is 0 Å². The van der Waals surface area contributed by atoms with Gasteiger partial charge in [-0.1, -0.05) is 37.8 Å². The number of rotatable bonds is 5. The third-order valence-electron chi connectivity index (χ3n) is 3.63. The molecule has 102 valence electrons. The molecule has 1 aromatic heterocycles. The van der Waals surface area contributed by atoms with Gasteiger partial charge in [0.05, 0.1) is 5.52 Å². The van der Waals surface area contributed by atoms with Gasteiger partial charge >= 0.3 is 0 Å². The summed E-state index contributed by atoms with van der Waals surface area (Å²) in [5.41, 5.74) is 3.44. The lowest BCUT2D eigenvalue weighted by Crippen LogP contribution is -2.09. The van der Waals surface area contributed by atoms with Crippen molar-refractivity contribution in [2.75, 3.05) is 0 Å². The first kappa shape index (κ1) is 13.9. The van der Waals surface area contributed by atoms with Crippen molar-refractivity contribution < 1.29 is 4.79 Å². The van der Waals surface area contributed by atoms with Crippen LogP contribution in [0.5, 0.6) is 0 Å². The van der Waals surface area contributed by atoms with E-state index in [4.69, 9.17) is 0 Å². The van der Waals surface area contributed by atoms with Gasteiger partial charge in [-0.3, -0.25) is 9.36 Å². The SMILES string of the molecule is CCCCCCc1cc2cc(C)ccc2n1C(C)=O. The summed E-state index contributed by atoms with van der Waals surface area (Å²) in [6.07, 6.45) is 5.92. The van der Waals surface area contributed by atoms with Crippen molar-refractivity contribution >= 4 is 16.8 Å². The Morgan fingerprint density at radius 2 is 1.95 bits per heavy atom. The monoisotopic (exact) mass is 257 g/mol. The van der Waals surface area contributed by atoms with Crippen LogP contribution in [0.25, 0.3) is 10.9 Å². The van der Waals surface area contributed by atoms with Crippen LogP contribution in [0.2, 0.25) is 0 Å². The van der Waals surface area contributed by atoms with Gasteiger partial charge in [-0.25, -0.2) is 0 Å². The first-order valence-electron chi connectivity index (χ1n) is 7.25. The summed E-state index contributed by atoms with van der Waals surface area (Å²) in [7, 11) is 0. The molecule has 0 N–H and O–H groups in total. The summed E-state index contributed by atoms with van der Waals surface area (Å²) < 4.78 is 1.88. The van der Waals surface area contributed by atoms with Crippen molar-refractivity contribution in [2.24, 2.45) is 0 Å². The Morgan fingerprint density at radius 3 is 2.63 bits per heavy atom. The highest BCUT2D eigenvalue weighted by atomic mass is 16.1. The molecule has 0 radical (unpaired) electrons. The number of nitrogens with zero attached hydrogens (tertiary/aromatic N) is 1. The summed E-state index contributed by atoms with van der Waals surface area (Å²) >= 11 is 0. The van der Waals surface area contributed by atoms with Crippen LogP contribution < -0.4 is 0 Å². The summed E-state index contributed by atoms with van der Waals surface area (Å²) in [5, 5.41) is 1.18. The zero-order chi connectivity index (χ0) is 13.8. The predicted octanol–water partition coefficient (Wildman–Crippen LogP) is 4.73. The van der Waals surface area contributed by atoms with Crippen molar-refractivity contribution in [2.45, 2.75) is 52.9 Å². The molecule has 1 heterocycles. The third-order valence-corrected chi connectivity index (χ3v) is 3.63. The summed E-state index contributed by atoms with van der Waals surface area (Å²) in [6, 6.07) is 8.46. The minimum absolute atomic E-state index is 0.115. The van der Waals surface area contributed by atoms with Crippen LogP contribution in [0.3, 0.4) is 0 Å². The summed E-state index contributed by atoms with van der Waals surface area (Å²) in [6.45, 7) is 5.95. The van der Waals surface area contributed by atoms with Gasteiger partial charge in [0.15, 0.2) is 0 Å². The molecule has 0 saturated heterocycles. The van der Waals surface area contributed by atoms with E-state index in [0.717, 1.165) is 24.1 Å². The second-order valence-corrected chi connectivity index (χ2v) is 5.36. The Hall–Kier alpha value is -1.57. The van der Waals surface area contributed by atoms with Gasteiger partial charge in [-0.2, -0.15) is 0 Å². The van der Waals surface area contributed by atoms with Crippen LogP contribution >= 0.6 is 0 Å². The smallest absolute Gasteiger partial charge is 0.228 e. The van der Waals surface area contributed by atoms with E-state index in [1.165, 1.54) is 30.2 Å². The number of fused-ring (bicyclic) bond motifs is 1. The third kappa shape index (κ3) is 3.06. The Labute approximate surface area is 115 Å². The second kappa shape index (κ2) is 6.05. The number of aromatic nitrogens is 1. The van der Waals surface area contributed by atoms with E-state index in [1.807, 2.05) is 4.57 Å². The molecule has 0 amide bonds. The Kier molecular flexibility index (Phi) is 4.41. The highest BCUT2D eigenvalue weighted by molar-refractivity contribution is 5.93. The Bertz CT molecular complexity index is 580. The van der Waals surface area contributed by atoms with Crippen molar-refractivity contribution in [1.29, 1.82) is 0 Å². The maximum Gasteiger partial charge on any atom is 0.228 e. The zero-order valence-electron chi connectivity index (χ0n) is 12.2. The molecule has 0 unspecified atom stereocenters. The van der Waals surface area contributed by atoms with Crippen molar-refractivity contribution in [3.63, 3.8) is 0 Å². The van der Waals surface area contributed by atoms with Crippen LogP contribution in [-0.4, -0.2) is 10.5 Å². The van der Waals surface area contributed by atoms with Gasteiger partial charge in [0.1, 0.15) is 0 Å². The number of carbonyl (C=O) groups is 1. The maximum atomic E-state index is 11.9. The van der Waals surface area contributed by atoms with Crippen LogP contribution in [0.15, 0.2) is 24.3 Å². The molecular weight excluding hydrogens is 234 g/mol. The van der Waals surface area contributed by atoms with Crippen LogP contribution in [0, 0.1) is 6.92 Å². The van der Waals surface area contributed by atoms with Gasteiger partial charge < -0.3 is 0 Å². The molecular formula is C17H23NO. The van der Waals surface area contributed by atoms with E-state index >= 15 is 0 Å². The molecule has 0 aliphatic heterocycles. The Balaban J connectivity index is 2.31. The normalized spacial score (nSPS) is 11.1. The molecule has 19 heavy (non-hydrogen) atoms. The predicted molar refractivity (Wildman–Crippen MR) is 80.8 cm³/mol. The standard InChI is InChI=1S/C17H23NO/c1-4-5-6-7-8-16-12-15-11-13(2)9-10-17(15)18(16)14(3)19/h9-12H,4-8H2,1-3H3. The lowest BCUT2D eigenvalue weighted by molar-refractivity contribution is 0.0938. The Morgan fingerprint density at radius 1 is 1.16 bits per heavy atom. The van der Waals surface area contributed by atoms with Gasteiger partial charge in [0, 0.05) is 18.0 Å². The van der Waals surface area contributed by atoms with Crippen LogP contribution in [-0.2, 0) is 6.42 Å². The first-order chi connectivity index (χ1) is 9.13. The molecule has 2 heteroatoms. The van der Waals surface area contributed by atoms with Crippen molar-refractivity contribution in [3.05, 3.63) is 35.5 Å². The van der Waals surface area contributed by atoms with Gasteiger partial charge in [-0.15, -0.1) is 0 Å². The van der Waals surface area contributed by atoms with Crippen molar-refractivity contribution in [3.8, 4) is 0 Å². The maximum absolute atomic E-state index is 11.9.